The maximum Gasteiger partial charge on any atom is 0.315 e. The number of rotatable bonds is 8. The van der Waals surface area contributed by atoms with Crippen LogP contribution in [0.3, 0.4) is 0 Å². The van der Waals surface area contributed by atoms with E-state index < -0.39 is 5.97 Å². The summed E-state index contributed by atoms with van der Waals surface area (Å²) in [6.07, 6.45) is 1.78. The van der Waals surface area contributed by atoms with Crippen LogP contribution in [-0.2, 0) is 17.8 Å². The van der Waals surface area contributed by atoms with Crippen LogP contribution in [0.15, 0.2) is 11.4 Å². The molecule has 0 aliphatic carbocycles. The van der Waals surface area contributed by atoms with Gasteiger partial charge in [0, 0.05) is 17.8 Å². The van der Waals surface area contributed by atoms with Gasteiger partial charge in [-0.3, -0.25) is 4.79 Å². The molecule has 1 aromatic rings. The van der Waals surface area contributed by atoms with Crippen LogP contribution in [0.2, 0.25) is 0 Å². The summed E-state index contributed by atoms with van der Waals surface area (Å²) in [6, 6.07) is 1.82. The Kier molecular flexibility index (Phi) is 7.08. The summed E-state index contributed by atoms with van der Waals surface area (Å²) in [5.74, 6) is -0.851. The van der Waals surface area contributed by atoms with E-state index in [1.165, 1.54) is 10.4 Å². The Balaban J connectivity index is 2.31. The lowest BCUT2D eigenvalue weighted by atomic mass is 10.0. The molecule has 0 aliphatic heterocycles. The van der Waals surface area contributed by atoms with E-state index in [1.807, 2.05) is 12.3 Å². The molecule has 0 fully saturated rings. The van der Waals surface area contributed by atoms with Crippen molar-refractivity contribution < 1.29 is 14.7 Å². The number of hydrogen-bond donors (Lipinski definition) is 3. The summed E-state index contributed by atoms with van der Waals surface area (Å²) < 4.78 is 0. The van der Waals surface area contributed by atoms with Crippen molar-refractivity contribution in [2.45, 2.75) is 39.7 Å². The second kappa shape index (κ2) is 8.58. The molecule has 112 valence electrons. The van der Waals surface area contributed by atoms with Gasteiger partial charge in [-0.05, 0) is 29.3 Å². The van der Waals surface area contributed by atoms with Crippen LogP contribution in [0.5, 0.6) is 0 Å². The van der Waals surface area contributed by atoms with E-state index in [0.29, 0.717) is 13.1 Å². The van der Waals surface area contributed by atoms with Crippen molar-refractivity contribution in [3.05, 3.63) is 21.9 Å². The molecule has 3 N–H and O–H groups in total. The number of urea groups is 1. The van der Waals surface area contributed by atoms with E-state index in [-0.39, 0.29) is 18.4 Å². The molecule has 1 rings (SSSR count). The van der Waals surface area contributed by atoms with Crippen molar-refractivity contribution in [2.75, 3.05) is 6.54 Å². The summed E-state index contributed by atoms with van der Waals surface area (Å²) in [5.41, 5.74) is 1.26. The average molecular weight is 298 g/mol. The Hall–Kier alpha value is -1.56. The van der Waals surface area contributed by atoms with Gasteiger partial charge >= 0.3 is 12.0 Å². The number of aryl methyl sites for hydroxylation is 1. The molecule has 0 bridgehead atoms. The molecular formula is C14H22N2O3S. The molecular weight excluding hydrogens is 276 g/mol. The SMILES string of the molecule is CCc1ccsc1CNC(=O)NCC(CC)CC(=O)O. The number of carboxylic acid groups (broad SMARTS) is 1. The average Bonchev–Trinajstić information content (AvgIpc) is 2.88. The molecule has 0 saturated heterocycles. The first-order valence-electron chi connectivity index (χ1n) is 6.85. The van der Waals surface area contributed by atoms with Gasteiger partial charge in [-0.15, -0.1) is 11.3 Å². The van der Waals surface area contributed by atoms with Gasteiger partial charge in [0.1, 0.15) is 0 Å². The number of carboxylic acids is 1. The molecule has 6 heteroatoms. The van der Waals surface area contributed by atoms with Crippen LogP contribution < -0.4 is 10.6 Å². The second-order valence-electron chi connectivity index (χ2n) is 4.66. The number of carbonyl (C=O) groups is 2. The highest BCUT2D eigenvalue weighted by Gasteiger charge is 2.12. The van der Waals surface area contributed by atoms with E-state index >= 15 is 0 Å². The van der Waals surface area contributed by atoms with Gasteiger partial charge in [-0.2, -0.15) is 0 Å². The second-order valence-corrected chi connectivity index (χ2v) is 5.66. The van der Waals surface area contributed by atoms with Gasteiger partial charge in [0.05, 0.1) is 6.54 Å². The molecule has 1 aromatic heterocycles. The van der Waals surface area contributed by atoms with Crippen molar-refractivity contribution in [2.24, 2.45) is 5.92 Å². The van der Waals surface area contributed by atoms with Gasteiger partial charge in [-0.25, -0.2) is 4.79 Å². The minimum atomic E-state index is -0.828. The van der Waals surface area contributed by atoms with Crippen molar-refractivity contribution in [1.29, 1.82) is 0 Å². The van der Waals surface area contributed by atoms with E-state index in [2.05, 4.69) is 23.6 Å². The van der Waals surface area contributed by atoms with Gasteiger partial charge in [-0.1, -0.05) is 20.3 Å². The highest BCUT2D eigenvalue weighted by molar-refractivity contribution is 7.10. The number of aliphatic carboxylic acids is 1. The molecule has 0 spiro atoms. The van der Waals surface area contributed by atoms with Crippen LogP contribution in [-0.4, -0.2) is 23.7 Å². The fraction of sp³-hybridized carbons (Fsp3) is 0.571. The van der Waals surface area contributed by atoms with Crippen molar-refractivity contribution in [3.8, 4) is 0 Å². The third-order valence-electron chi connectivity index (χ3n) is 3.22. The lowest BCUT2D eigenvalue weighted by Gasteiger charge is -2.14. The molecule has 0 radical (unpaired) electrons. The molecule has 0 saturated carbocycles. The minimum absolute atomic E-state index is 0.0220. The minimum Gasteiger partial charge on any atom is -0.481 e. The topological polar surface area (TPSA) is 78.4 Å². The molecule has 0 aromatic carbocycles. The molecule has 2 amide bonds. The number of thiophene rings is 1. The normalized spacial score (nSPS) is 11.9. The number of nitrogens with one attached hydrogen (secondary N) is 2. The predicted octanol–water partition coefficient (Wildman–Crippen LogP) is 2.61. The number of hydrogen-bond acceptors (Lipinski definition) is 3. The largest absolute Gasteiger partial charge is 0.481 e. The van der Waals surface area contributed by atoms with E-state index in [0.717, 1.165) is 12.8 Å². The highest BCUT2D eigenvalue weighted by atomic mass is 32.1. The molecule has 1 heterocycles. The van der Waals surface area contributed by atoms with E-state index in [4.69, 9.17) is 5.11 Å². The first-order valence-corrected chi connectivity index (χ1v) is 7.73. The van der Waals surface area contributed by atoms with Crippen LogP contribution >= 0.6 is 11.3 Å². The Morgan fingerprint density at radius 3 is 2.70 bits per heavy atom. The fourth-order valence-corrected chi connectivity index (χ4v) is 2.82. The van der Waals surface area contributed by atoms with Crippen molar-refractivity contribution >= 4 is 23.3 Å². The summed E-state index contributed by atoms with van der Waals surface area (Å²) >= 11 is 1.63. The van der Waals surface area contributed by atoms with Gasteiger partial charge in [0.15, 0.2) is 0 Å². The van der Waals surface area contributed by atoms with E-state index in [1.54, 1.807) is 11.3 Å². The number of amides is 2. The monoisotopic (exact) mass is 298 g/mol. The molecule has 20 heavy (non-hydrogen) atoms. The maximum atomic E-state index is 11.7. The summed E-state index contributed by atoms with van der Waals surface area (Å²) in [4.78, 5) is 23.5. The molecule has 1 atom stereocenters. The zero-order valence-electron chi connectivity index (χ0n) is 11.9. The third kappa shape index (κ3) is 5.61. The Labute approximate surface area is 123 Å². The van der Waals surface area contributed by atoms with Crippen LogP contribution in [0.4, 0.5) is 4.79 Å². The smallest absolute Gasteiger partial charge is 0.315 e. The Morgan fingerprint density at radius 1 is 1.35 bits per heavy atom. The lowest BCUT2D eigenvalue weighted by molar-refractivity contribution is -0.138. The molecule has 0 aliphatic rings. The maximum absolute atomic E-state index is 11.7. The standard InChI is InChI=1S/C14H22N2O3S/c1-3-10(7-13(17)18)8-15-14(19)16-9-12-11(4-2)5-6-20-12/h5-6,10H,3-4,7-9H2,1-2H3,(H,17,18)(H2,15,16,19). The number of carbonyl (C=O) groups excluding carboxylic acids is 1. The van der Waals surface area contributed by atoms with Crippen LogP contribution in [0, 0.1) is 5.92 Å². The summed E-state index contributed by atoms with van der Waals surface area (Å²) in [6.45, 7) is 4.91. The predicted molar refractivity (Wildman–Crippen MR) is 80.0 cm³/mol. The zero-order chi connectivity index (χ0) is 15.0. The quantitative estimate of drug-likeness (QED) is 0.690. The van der Waals surface area contributed by atoms with Crippen molar-refractivity contribution in [3.63, 3.8) is 0 Å². The highest BCUT2D eigenvalue weighted by Crippen LogP contribution is 2.16. The molecule has 1 unspecified atom stereocenters. The van der Waals surface area contributed by atoms with Gasteiger partial charge < -0.3 is 15.7 Å². The van der Waals surface area contributed by atoms with Crippen LogP contribution in [0.1, 0.15) is 37.1 Å². The Bertz CT molecular complexity index is 445. The van der Waals surface area contributed by atoms with Crippen LogP contribution in [0.25, 0.3) is 0 Å². The van der Waals surface area contributed by atoms with Gasteiger partial charge in [0.25, 0.3) is 0 Å². The van der Waals surface area contributed by atoms with Crippen molar-refractivity contribution in [1.82, 2.24) is 10.6 Å². The Morgan fingerprint density at radius 2 is 2.10 bits per heavy atom. The van der Waals surface area contributed by atoms with Gasteiger partial charge in [0.2, 0.25) is 0 Å². The zero-order valence-corrected chi connectivity index (χ0v) is 12.8. The third-order valence-corrected chi connectivity index (χ3v) is 4.18. The fourth-order valence-electron chi connectivity index (χ4n) is 1.91. The van der Waals surface area contributed by atoms with E-state index in [9.17, 15) is 9.59 Å². The lowest BCUT2D eigenvalue weighted by Crippen LogP contribution is -2.38. The molecule has 5 nitrogen and oxygen atoms in total. The summed E-state index contributed by atoms with van der Waals surface area (Å²) in [7, 11) is 0. The first-order chi connectivity index (χ1) is 9.56. The summed E-state index contributed by atoms with van der Waals surface area (Å²) in [5, 5.41) is 16.3. The first kappa shape index (κ1) is 16.5.